The lowest BCUT2D eigenvalue weighted by atomic mass is 10.0. The van der Waals surface area contributed by atoms with Crippen molar-refractivity contribution < 1.29 is 9.59 Å². The van der Waals surface area contributed by atoms with Crippen LogP contribution in [0.15, 0.2) is 88.5 Å². The van der Waals surface area contributed by atoms with Gasteiger partial charge in [0.15, 0.2) is 0 Å². The second kappa shape index (κ2) is 8.40. The third kappa shape index (κ3) is 4.05. The summed E-state index contributed by atoms with van der Waals surface area (Å²) in [5.41, 5.74) is 2.73. The number of rotatable bonds is 3. The largest absolute Gasteiger partial charge is 0.314 e. The molecule has 2 heterocycles. The summed E-state index contributed by atoms with van der Waals surface area (Å²) in [5.74, 6) is -0.335. The average Bonchev–Trinajstić information content (AvgIpc) is 2.83. The molecular formula is C25H19ClN4O2. The smallest absolute Gasteiger partial charge is 0.257 e. The number of carbonyl (C=O) groups excluding carboxylic acids is 2. The van der Waals surface area contributed by atoms with E-state index in [1.54, 1.807) is 41.6 Å². The summed E-state index contributed by atoms with van der Waals surface area (Å²) in [6.45, 7) is 0.514. The summed E-state index contributed by atoms with van der Waals surface area (Å²) in [5, 5.41) is 5.49. The van der Waals surface area contributed by atoms with Gasteiger partial charge in [-0.2, -0.15) is 0 Å². The lowest BCUT2D eigenvalue weighted by Gasteiger charge is -2.28. The molecular weight excluding hydrogens is 424 g/mol. The van der Waals surface area contributed by atoms with Gasteiger partial charge >= 0.3 is 0 Å². The van der Waals surface area contributed by atoms with E-state index in [1.165, 1.54) is 0 Å². The molecule has 1 atom stereocenters. The van der Waals surface area contributed by atoms with Crippen LogP contribution in [-0.2, 0) is 0 Å². The van der Waals surface area contributed by atoms with Crippen molar-refractivity contribution in [2.75, 3.05) is 6.54 Å². The third-order valence-electron chi connectivity index (χ3n) is 5.47. The van der Waals surface area contributed by atoms with Crippen LogP contribution in [0.3, 0.4) is 0 Å². The van der Waals surface area contributed by atoms with Crippen molar-refractivity contribution in [3.8, 4) is 0 Å². The number of carbonyl (C=O) groups is 2. The SMILES string of the molecule is O=C(NC1N=CC2=CN(C(=O)c3ccc4ccccc4c3)CCC2=N1)c1ccc(Cl)cc1. The van der Waals surface area contributed by atoms with Crippen LogP contribution in [0, 0.1) is 0 Å². The molecule has 0 aliphatic carbocycles. The van der Waals surface area contributed by atoms with E-state index >= 15 is 0 Å². The first-order valence-electron chi connectivity index (χ1n) is 10.2. The number of benzene rings is 3. The molecule has 3 aromatic rings. The van der Waals surface area contributed by atoms with Gasteiger partial charge in [-0.25, -0.2) is 9.98 Å². The molecule has 2 aliphatic rings. The maximum atomic E-state index is 13.0. The predicted molar refractivity (Wildman–Crippen MR) is 126 cm³/mol. The van der Waals surface area contributed by atoms with Gasteiger partial charge in [0.25, 0.3) is 11.8 Å². The van der Waals surface area contributed by atoms with Gasteiger partial charge in [-0.05, 0) is 47.2 Å². The molecule has 2 amide bonds. The summed E-state index contributed by atoms with van der Waals surface area (Å²) in [6.07, 6.45) is 3.34. The van der Waals surface area contributed by atoms with Crippen molar-refractivity contribution in [2.45, 2.75) is 12.7 Å². The Labute approximate surface area is 189 Å². The molecule has 2 aliphatic heterocycles. The Morgan fingerprint density at radius 3 is 2.53 bits per heavy atom. The molecule has 0 aromatic heterocycles. The van der Waals surface area contributed by atoms with Crippen LogP contribution in [0.2, 0.25) is 5.02 Å². The zero-order chi connectivity index (χ0) is 22.1. The third-order valence-corrected chi connectivity index (χ3v) is 5.73. The van der Waals surface area contributed by atoms with Gasteiger partial charge in [0.05, 0.1) is 5.71 Å². The number of amides is 2. The molecule has 0 radical (unpaired) electrons. The summed E-state index contributed by atoms with van der Waals surface area (Å²) in [6, 6.07) is 20.3. The molecule has 1 unspecified atom stereocenters. The Morgan fingerprint density at radius 1 is 0.969 bits per heavy atom. The molecule has 0 fully saturated rings. The lowest BCUT2D eigenvalue weighted by molar-refractivity contribution is 0.0823. The minimum absolute atomic E-state index is 0.0612. The highest BCUT2D eigenvalue weighted by Crippen LogP contribution is 2.21. The number of hydrogen-bond acceptors (Lipinski definition) is 4. The van der Waals surface area contributed by atoms with Crippen molar-refractivity contribution >= 4 is 46.1 Å². The predicted octanol–water partition coefficient (Wildman–Crippen LogP) is 4.46. The number of allylic oxidation sites excluding steroid dienone is 1. The van der Waals surface area contributed by atoms with Gasteiger partial charge in [0.1, 0.15) is 0 Å². The van der Waals surface area contributed by atoms with E-state index in [4.69, 9.17) is 11.6 Å². The first kappa shape index (κ1) is 20.2. The molecule has 0 bridgehead atoms. The Balaban J connectivity index is 1.30. The van der Waals surface area contributed by atoms with Crippen LogP contribution < -0.4 is 5.32 Å². The fourth-order valence-corrected chi connectivity index (χ4v) is 3.90. The molecule has 0 saturated heterocycles. The van der Waals surface area contributed by atoms with Crippen LogP contribution in [0.25, 0.3) is 10.8 Å². The topological polar surface area (TPSA) is 74.1 Å². The van der Waals surface area contributed by atoms with Crippen LogP contribution >= 0.6 is 11.6 Å². The molecule has 1 N–H and O–H groups in total. The molecule has 3 aromatic carbocycles. The van der Waals surface area contributed by atoms with E-state index in [2.05, 4.69) is 15.3 Å². The zero-order valence-corrected chi connectivity index (χ0v) is 17.8. The Kier molecular flexibility index (Phi) is 5.29. The van der Waals surface area contributed by atoms with E-state index in [0.717, 1.165) is 22.1 Å². The van der Waals surface area contributed by atoms with Gasteiger partial charge in [0, 0.05) is 47.1 Å². The maximum Gasteiger partial charge on any atom is 0.257 e. The second-order valence-corrected chi connectivity index (χ2v) is 8.04. The normalized spacial score (nSPS) is 17.4. The van der Waals surface area contributed by atoms with E-state index < -0.39 is 6.29 Å². The standard InChI is InChI=1S/C25H19ClN4O2/c26-21-9-7-17(8-10-21)23(31)29-25-27-14-20-15-30(12-11-22(20)28-25)24(32)19-6-5-16-3-1-2-4-18(16)13-19/h1-10,13-15,25H,11-12H2,(H,29,31). The molecule has 0 spiro atoms. The number of aliphatic imine (C=N–C) groups is 2. The lowest BCUT2D eigenvalue weighted by Crippen LogP contribution is -2.38. The van der Waals surface area contributed by atoms with E-state index in [0.29, 0.717) is 29.1 Å². The quantitative estimate of drug-likeness (QED) is 0.650. The summed E-state index contributed by atoms with van der Waals surface area (Å²) >= 11 is 5.87. The highest BCUT2D eigenvalue weighted by Gasteiger charge is 2.25. The van der Waals surface area contributed by atoms with Crippen LogP contribution in [0.5, 0.6) is 0 Å². The second-order valence-electron chi connectivity index (χ2n) is 7.60. The van der Waals surface area contributed by atoms with Crippen LogP contribution in [0.4, 0.5) is 0 Å². The monoisotopic (exact) mass is 442 g/mol. The molecule has 0 saturated carbocycles. The van der Waals surface area contributed by atoms with Crippen molar-refractivity contribution in [3.63, 3.8) is 0 Å². The number of nitrogens with one attached hydrogen (secondary N) is 1. The van der Waals surface area contributed by atoms with Crippen LogP contribution in [0.1, 0.15) is 27.1 Å². The van der Waals surface area contributed by atoms with Crippen molar-refractivity contribution in [1.29, 1.82) is 0 Å². The van der Waals surface area contributed by atoms with Gasteiger partial charge in [-0.15, -0.1) is 0 Å². The van der Waals surface area contributed by atoms with Crippen molar-refractivity contribution in [1.82, 2.24) is 10.2 Å². The van der Waals surface area contributed by atoms with E-state index in [9.17, 15) is 9.59 Å². The van der Waals surface area contributed by atoms with E-state index in [1.807, 2.05) is 42.5 Å². The Bertz CT molecular complexity index is 1310. The molecule has 32 heavy (non-hydrogen) atoms. The summed E-state index contributed by atoms with van der Waals surface area (Å²) in [7, 11) is 0. The fraction of sp³-hybridized carbons (Fsp3) is 0.120. The highest BCUT2D eigenvalue weighted by molar-refractivity contribution is 6.30. The Morgan fingerprint density at radius 2 is 1.72 bits per heavy atom. The fourth-order valence-electron chi connectivity index (χ4n) is 3.78. The maximum absolute atomic E-state index is 13.0. The summed E-state index contributed by atoms with van der Waals surface area (Å²) < 4.78 is 0. The van der Waals surface area contributed by atoms with Gasteiger partial charge < -0.3 is 10.2 Å². The van der Waals surface area contributed by atoms with Gasteiger partial charge in [-0.3, -0.25) is 9.59 Å². The minimum Gasteiger partial charge on any atom is -0.314 e. The highest BCUT2D eigenvalue weighted by atomic mass is 35.5. The van der Waals surface area contributed by atoms with Gasteiger partial charge in [-0.1, -0.05) is 41.9 Å². The Hall–Kier alpha value is -3.77. The molecule has 158 valence electrons. The van der Waals surface area contributed by atoms with Crippen LogP contribution in [-0.4, -0.2) is 41.5 Å². The molecule has 6 nitrogen and oxygen atoms in total. The first-order chi connectivity index (χ1) is 15.6. The zero-order valence-electron chi connectivity index (χ0n) is 17.0. The summed E-state index contributed by atoms with van der Waals surface area (Å²) in [4.78, 5) is 36.0. The number of hydrogen-bond donors (Lipinski definition) is 1. The van der Waals surface area contributed by atoms with E-state index in [-0.39, 0.29) is 11.8 Å². The van der Waals surface area contributed by atoms with Gasteiger partial charge in [0.2, 0.25) is 6.29 Å². The minimum atomic E-state index is -0.687. The van der Waals surface area contributed by atoms with Crippen molar-refractivity contribution in [2.24, 2.45) is 9.98 Å². The first-order valence-corrected chi connectivity index (χ1v) is 10.6. The average molecular weight is 443 g/mol. The number of fused-ring (bicyclic) bond motifs is 2. The van der Waals surface area contributed by atoms with Crippen molar-refractivity contribution in [3.05, 3.63) is 94.7 Å². The molecule has 7 heteroatoms. The number of halogens is 1. The number of nitrogens with zero attached hydrogens (tertiary/aromatic N) is 3. The molecule has 5 rings (SSSR count).